The van der Waals surface area contributed by atoms with E-state index in [0.717, 1.165) is 29.5 Å². The minimum Gasteiger partial charge on any atom is -0.508 e. The average Bonchev–Trinajstić information content (AvgIpc) is 3.29. The molecule has 4 rings (SSSR count). The van der Waals surface area contributed by atoms with Gasteiger partial charge in [-0.15, -0.1) is 0 Å². The summed E-state index contributed by atoms with van der Waals surface area (Å²) in [6.45, 7) is 1.82. The summed E-state index contributed by atoms with van der Waals surface area (Å²) in [4.78, 5) is 22.6. The van der Waals surface area contributed by atoms with Gasteiger partial charge in [-0.1, -0.05) is 6.07 Å². The highest BCUT2D eigenvalue weighted by atomic mass is 19.1. The normalized spacial score (nSPS) is 12.3. The van der Waals surface area contributed by atoms with Crippen molar-refractivity contribution in [3.8, 4) is 23.0 Å². The summed E-state index contributed by atoms with van der Waals surface area (Å²) in [6, 6.07) is 10.8. The molecular formula is C26H24FNO6. The van der Waals surface area contributed by atoms with Crippen molar-refractivity contribution in [2.75, 3.05) is 5.32 Å². The van der Waals surface area contributed by atoms with Gasteiger partial charge in [-0.2, -0.15) is 0 Å². The first-order valence-electron chi connectivity index (χ1n) is 10.9. The smallest absolute Gasteiger partial charge is 0.394 e. The number of aliphatic carboxylic acids is 1. The van der Waals surface area contributed by atoms with E-state index in [-0.39, 0.29) is 5.75 Å². The van der Waals surface area contributed by atoms with Crippen LogP contribution in [0.1, 0.15) is 34.2 Å². The van der Waals surface area contributed by atoms with Crippen LogP contribution in [0.4, 0.5) is 10.1 Å². The summed E-state index contributed by atoms with van der Waals surface area (Å²) in [5.74, 6) is -2.46. The predicted octanol–water partition coefficient (Wildman–Crippen LogP) is 4.63. The molecule has 0 heterocycles. The maximum Gasteiger partial charge on any atom is 0.394 e. The van der Waals surface area contributed by atoms with E-state index in [4.69, 9.17) is 9.84 Å². The fourth-order valence-corrected chi connectivity index (χ4v) is 4.26. The van der Waals surface area contributed by atoms with E-state index in [2.05, 4.69) is 5.32 Å². The Morgan fingerprint density at radius 1 is 1.00 bits per heavy atom. The second kappa shape index (κ2) is 9.43. The van der Waals surface area contributed by atoms with Crippen molar-refractivity contribution in [1.29, 1.82) is 0 Å². The number of hydrogen-bond acceptors (Lipinski definition) is 5. The molecule has 0 spiro atoms. The van der Waals surface area contributed by atoms with Gasteiger partial charge in [-0.3, -0.25) is 4.79 Å². The Hall–Kier alpha value is -4.07. The monoisotopic (exact) mass is 465 g/mol. The first-order chi connectivity index (χ1) is 16.2. The van der Waals surface area contributed by atoms with Crippen LogP contribution in [0.3, 0.4) is 0 Å². The molecule has 0 saturated heterocycles. The van der Waals surface area contributed by atoms with Crippen LogP contribution in [0.5, 0.6) is 23.0 Å². The summed E-state index contributed by atoms with van der Waals surface area (Å²) in [5, 5.41) is 31.0. The van der Waals surface area contributed by atoms with E-state index in [1.165, 1.54) is 12.1 Å². The molecule has 34 heavy (non-hydrogen) atoms. The SMILES string of the molecule is Cc1cc(NC(=O)C(=O)O)c2c(c1Oc1ccc(O)c(CCc3ccc(O)c(F)c3)c1)CCC2. The van der Waals surface area contributed by atoms with Gasteiger partial charge in [0.15, 0.2) is 11.6 Å². The van der Waals surface area contributed by atoms with Crippen molar-refractivity contribution in [3.63, 3.8) is 0 Å². The van der Waals surface area contributed by atoms with Gasteiger partial charge in [-0.25, -0.2) is 9.18 Å². The lowest BCUT2D eigenvalue weighted by Gasteiger charge is -2.18. The second-order valence-corrected chi connectivity index (χ2v) is 8.32. The van der Waals surface area contributed by atoms with E-state index in [1.807, 2.05) is 6.92 Å². The Labute approximate surface area is 195 Å². The number of phenols is 2. The van der Waals surface area contributed by atoms with Gasteiger partial charge in [0.1, 0.15) is 17.2 Å². The Morgan fingerprint density at radius 2 is 1.74 bits per heavy atom. The van der Waals surface area contributed by atoms with E-state index in [0.29, 0.717) is 47.6 Å². The van der Waals surface area contributed by atoms with Gasteiger partial charge in [-0.05, 0) is 97.7 Å². The Kier molecular flexibility index (Phi) is 6.40. The van der Waals surface area contributed by atoms with Crippen LogP contribution in [0.25, 0.3) is 0 Å². The maximum absolute atomic E-state index is 13.6. The number of phenolic OH excluding ortho intramolecular Hbond substituents is 2. The fourth-order valence-electron chi connectivity index (χ4n) is 4.26. The van der Waals surface area contributed by atoms with E-state index in [1.54, 1.807) is 30.3 Å². The number of carbonyl (C=O) groups is 2. The summed E-state index contributed by atoms with van der Waals surface area (Å²) >= 11 is 0. The molecule has 0 bridgehead atoms. The molecule has 3 aromatic carbocycles. The third-order valence-corrected chi connectivity index (χ3v) is 5.94. The lowest BCUT2D eigenvalue weighted by molar-refractivity contribution is -0.147. The molecule has 0 atom stereocenters. The molecule has 7 nitrogen and oxygen atoms in total. The van der Waals surface area contributed by atoms with E-state index in [9.17, 15) is 24.2 Å². The zero-order chi connectivity index (χ0) is 24.4. The van der Waals surface area contributed by atoms with Crippen LogP contribution in [0, 0.1) is 12.7 Å². The van der Waals surface area contributed by atoms with Crippen molar-refractivity contribution in [2.24, 2.45) is 0 Å². The lowest BCUT2D eigenvalue weighted by atomic mass is 10.0. The number of carboxylic acid groups (broad SMARTS) is 1. The highest BCUT2D eigenvalue weighted by Gasteiger charge is 2.24. The summed E-state index contributed by atoms with van der Waals surface area (Å²) in [7, 11) is 0. The molecule has 0 radical (unpaired) electrons. The number of amides is 1. The van der Waals surface area contributed by atoms with Crippen molar-refractivity contribution in [3.05, 3.63) is 76.1 Å². The third-order valence-electron chi connectivity index (χ3n) is 5.94. The zero-order valence-corrected chi connectivity index (χ0v) is 18.5. The topological polar surface area (TPSA) is 116 Å². The van der Waals surface area contributed by atoms with Crippen molar-refractivity contribution < 1.29 is 34.0 Å². The molecule has 0 unspecified atom stereocenters. The number of benzene rings is 3. The molecule has 8 heteroatoms. The number of rotatable bonds is 6. The standard InChI is InChI=1S/C26H24FNO6/c1-14-11-21(28-25(31)26(32)33)18-3-2-4-19(18)24(14)34-17-8-10-22(29)16(13-17)7-5-15-6-9-23(30)20(27)12-15/h6,8-13,29-30H,2-5,7H2,1H3,(H,28,31)(H,32,33). The first kappa shape index (κ1) is 23.1. The van der Waals surface area contributed by atoms with Crippen molar-refractivity contribution >= 4 is 17.6 Å². The van der Waals surface area contributed by atoms with Crippen LogP contribution in [0.2, 0.25) is 0 Å². The highest BCUT2D eigenvalue weighted by molar-refractivity contribution is 6.36. The number of aryl methyl sites for hydroxylation is 3. The van der Waals surface area contributed by atoms with Crippen LogP contribution in [0.15, 0.2) is 42.5 Å². The fraction of sp³-hybridized carbons (Fsp3) is 0.231. The largest absolute Gasteiger partial charge is 0.508 e. The number of aromatic hydroxyl groups is 2. The summed E-state index contributed by atoms with van der Waals surface area (Å²) < 4.78 is 19.8. The van der Waals surface area contributed by atoms with Crippen LogP contribution < -0.4 is 10.1 Å². The lowest BCUT2D eigenvalue weighted by Crippen LogP contribution is -2.22. The van der Waals surface area contributed by atoms with Crippen LogP contribution >= 0.6 is 0 Å². The molecule has 0 aromatic heterocycles. The minimum atomic E-state index is -1.55. The van der Waals surface area contributed by atoms with Gasteiger partial charge in [0.2, 0.25) is 0 Å². The van der Waals surface area contributed by atoms with E-state index < -0.39 is 23.4 Å². The molecular weight excluding hydrogens is 441 g/mol. The summed E-state index contributed by atoms with van der Waals surface area (Å²) in [6.07, 6.45) is 3.19. The number of anilines is 1. The minimum absolute atomic E-state index is 0.0975. The molecule has 1 aliphatic rings. The Bertz CT molecular complexity index is 1290. The molecule has 0 saturated carbocycles. The third kappa shape index (κ3) is 4.80. The maximum atomic E-state index is 13.6. The molecule has 3 aromatic rings. The van der Waals surface area contributed by atoms with Gasteiger partial charge < -0.3 is 25.4 Å². The molecule has 0 aliphatic heterocycles. The second-order valence-electron chi connectivity index (χ2n) is 8.32. The van der Waals surface area contributed by atoms with Crippen molar-refractivity contribution in [1.82, 2.24) is 0 Å². The average molecular weight is 465 g/mol. The van der Waals surface area contributed by atoms with Gasteiger partial charge in [0.05, 0.1) is 0 Å². The van der Waals surface area contributed by atoms with Gasteiger partial charge in [0, 0.05) is 11.3 Å². The summed E-state index contributed by atoms with van der Waals surface area (Å²) in [5.41, 5.74) is 4.34. The number of fused-ring (bicyclic) bond motifs is 1. The molecule has 1 amide bonds. The Morgan fingerprint density at radius 3 is 2.47 bits per heavy atom. The highest BCUT2D eigenvalue weighted by Crippen LogP contribution is 2.41. The molecule has 1 aliphatic carbocycles. The van der Waals surface area contributed by atoms with Gasteiger partial charge in [0.25, 0.3) is 0 Å². The molecule has 4 N–H and O–H groups in total. The molecule has 0 fully saturated rings. The quantitative estimate of drug-likeness (QED) is 0.395. The molecule has 176 valence electrons. The zero-order valence-electron chi connectivity index (χ0n) is 18.5. The number of carboxylic acids is 1. The first-order valence-corrected chi connectivity index (χ1v) is 10.9. The Balaban J connectivity index is 1.57. The van der Waals surface area contributed by atoms with E-state index >= 15 is 0 Å². The number of ether oxygens (including phenoxy) is 1. The van der Waals surface area contributed by atoms with Crippen molar-refractivity contribution in [2.45, 2.75) is 39.0 Å². The van der Waals surface area contributed by atoms with Crippen LogP contribution in [-0.2, 0) is 35.3 Å². The predicted molar refractivity (Wildman–Crippen MR) is 123 cm³/mol. The van der Waals surface area contributed by atoms with Gasteiger partial charge >= 0.3 is 11.9 Å². The number of nitrogens with one attached hydrogen (secondary N) is 1. The number of hydrogen-bond donors (Lipinski definition) is 4. The van der Waals surface area contributed by atoms with Crippen LogP contribution in [-0.4, -0.2) is 27.2 Å². The number of halogens is 1. The number of carbonyl (C=O) groups excluding carboxylic acids is 1.